The second-order valence-electron chi connectivity index (χ2n) is 8.43. The summed E-state index contributed by atoms with van der Waals surface area (Å²) in [6.45, 7) is 4.49. The summed E-state index contributed by atoms with van der Waals surface area (Å²) in [6, 6.07) is 12.8. The Labute approximate surface area is 199 Å². The predicted molar refractivity (Wildman–Crippen MR) is 122 cm³/mol. The summed E-state index contributed by atoms with van der Waals surface area (Å²) in [7, 11) is 0. The minimum atomic E-state index is -0.613. The Morgan fingerprint density at radius 3 is 2.94 bits per heavy atom. The zero-order chi connectivity index (χ0) is 23.9. The van der Waals surface area contributed by atoms with Crippen LogP contribution in [-0.4, -0.2) is 34.8 Å². The van der Waals surface area contributed by atoms with Gasteiger partial charge in [-0.2, -0.15) is 10.2 Å². The van der Waals surface area contributed by atoms with E-state index >= 15 is 0 Å². The Bertz CT molecular complexity index is 1370. The molecule has 10 heteroatoms. The third-order valence-corrected chi connectivity index (χ3v) is 6.24. The molecule has 1 aromatic heterocycles. The molecule has 0 aliphatic carbocycles. The van der Waals surface area contributed by atoms with Gasteiger partial charge in [-0.25, -0.2) is 9.18 Å². The first-order valence-corrected chi connectivity index (χ1v) is 11.0. The van der Waals surface area contributed by atoms with Crippen molar-refractivity contribution in [2.75, 3.05) is 24.7 Å². The molecule has 0 saturated carbocycles. The van der Waals surface area contributed by atoms with E-state index in [0.717, 1.165) is 11.9 Å². The molecule has 0 radical (unpaired) electrons. The van der Waals surface area contributed by atoms with E-state index in [-0.39, 0.29) is 45.8 Å². The molecular weight excluding hydrogens is 463 g/mol. The van der Waals surface area contributed by atoms with Crippen LogP contribution in [-0.2, 0) is 17.9 Å². The first-order valence-electron chi connectivity index (χ1n) is 10.6. The van der Waals surface area contributed by atoms with Gasteiger partial charge in [-0.05, 0) is 36.8 Å². The molecule has 1 fully saturated rings. The molecule has 2 aromatic carbocycles. The molecule has 3 aromatic rings. The van der Waals surface area contributed by atoms with Crippen molar-refractivity contribution in [1.82, 2.24) is 9.55 Å². The second kappa shape index (κ2) is 8.63. The molecule has 0 unspecified atom stereocenters. The smallest absolute Gasteiger partial charge is 0.352 e. The molecule has 0 N–H and O–H groups in total. The van der Waals surface area contributed by atoms with Crippen LogP contribution in [0.4, 0.5) is 10.2 Å². The summed E-state index contributed by atoms with van der Waals surface area (Å²) in [6.07, 6.45) is 0. The summed E-state index contributed by atoms with van der Waals surface area (Å²) < 4.78 is 32.4. The van der Waals surface area contributed by atoms with Crippen molar-refractivity contribution in [3.8, 4) is 23.4 Å². The number of nitriles is 1. The van der Waals surface area contributed by atoms with E-state index in [1.165, 1.54) is 12.1 Å². The Hall–Kier alpha value is -3.61. The summed E-state index contributed by atoms with van der Waals surface area (Å²) >= 11 is 5.70. The molecule has 2 aliphatic rings. The van der Waals surface area contributed by atoms with Gasteiger partial charge in [-0.3, -0.25) is 4.57 Å². The number of hydrogen-bond donors (Lipinski definition) is 0. The van der Waals surface area contributed by atoms with Gasteiger partial charge in [0.2, 0.25) is 5.88 Å². The third-order valence-electron chi connectivity index (χ3n) is 5.94. The fourth-order valence-corrected chi connectivity index (χ4v) is 4.36. The number of nitrogens with zero attached hydrogens (tertiary/aromatic N) is 4. The molecule has 2 aliphatic heterocycles. The van der Waals surface area contributed by atoms with Crippen LogP contribution < -0.4 is 20.1 Å². The average molecular weight is 483 g/mol. The molecule has 1 saturated heterocycles. The van der Waals surface area contributed by atoms with Gasteiger partial charge in [0.05, 0.1) is 35.9 Å². The van der Waals surface area contributed by atoms with Gasteiger partial charge < -0.3 is 19.1 Å². The highest BCUT2D eigenvalue weighted by Crippen LogP contribution is 2.35. The zero-order valence-corrected chi connectivity index (χ0v) is 19.0. The topological polar surface area (TPSA) is 89.6 Å². The Kier molecular flexibility index (Phi) is 5.63. The van der Waals surface area contributed by atoms with Gasteiger partial charge in [0.15, 0.2) is 0 Å². The van der Waals surface area contributed by atoms with Crippen LogP contribution in [0.5, 0.6) is 17.4 Å². The van der Waals surface area contributed by atoms with Crippen molar-refractivity contribution in [2.45, 2.75) is 25.6 Å². The molecule has 3 heterocycles. The van der Waals surface area contributed by atoms with E-state index in [2.05, 4.69) is 22.9 Å². The molecule has 8 nitrogen and oxygen atoms in total. The largest absolute Gasteiger partial charge is 0.473 e. The lowest BCUT2D eigenvalue weighted by atomic mass is 10.0. The van der Waals surface area contributed by atoms with Crippen LogP contribution in [0.2, 0.25) is 5.02 Å². The molecule has 5 rings (SSSR count). The Morgan fingerprint density at radius 1 is 1.29 bits per heavy atom. The van der Waals surface area contributed by atoms with Crippen LogP contribution in [0.15, 0.2) is 47.3 Å². The van der Waals surface area contributed by atoms with Crippen molar-refractivity contribution < 1.29 is 18.6 Å². The normalized spacial score (nSPS) is 18.7. The quantitative estimate of drug-likeness (QED) is 0.545. The summed E-state index contributed by atoms with van der Waals surface area (Å²) in [5.74, 6) is 0.853. The summed E-state index contributed by atoms with van der Waals surface area (Å²) in [5, 5.41) is 9.53. The molecular formula is C24H20ClFN4O4. The predicted octanol–water partition coefficient (Wildman–Crippen LogP) is 3.89. The summed E-state index contributed by atoms with van der Waals surface area (Å²) in [4.78, 5) is 18.8. The second-order valence-corrected chi connectivity index (χ2v) is 8.84. The lowest BCUT2D eigenvalue weighted by Crippen LogP contribution is -2.53. The van der Waals surface area contributed by atoms with E-state index in [4.69, 9.17) is 25.8 Å². The van der Waals surface area contributed by atoms with Crippen molar-refractivity contribution in [1.29, 1.82) is 5.26 Å². The minimum Gasteiger partial charge on any atom is -0.473 e. The standard InChI is InChI=1S/C24H20ClFN4O4/c1-24-13-29-22(30(24)6-7-32-14-24)10-21(28-23(29)31)33-12-15-2-5-20(16(8-15)11-27)34-17-3-4-18(25)19(26)9-17/h2-5,8-10H,6-7,12-14H2,1H3/t24-/m1/s1. The van der Waals surface area contributed by atoms with Crippen molar-refractivity contribution in [2.24, 2.45) is 0 Å². The summed E-state index contributed by atoms with van der Waals surface area (Å²) in [5.41, 5.74) is 0.280. The molecule has 0 spiro atoms. The van der Waals surface area contributed by atoms with Gasteiger partial charge in [0.1, 0.15) is 35.8 Å². The number of aromatic nitrogens is 2. The number of hydrogen-bond acceptors (Lipinski definition) is 7. The van der Waals surface area contributed by atoms with Crippen LogP contribution in [0.3, 0.4) is 0 Å². The molecule has 1 atom stereocenters. The van der Waals surface area contributed by atoms with Crippen LogP contribution in [0, 0.1) is 17.1 Å². The number of anilines is 1. The monoisotopic (exact) mass is 482 g/mol. The maximum absolute atomic E-state index is 13.7. The average Bonchev–Trinajstić information content (AvgIpc) is 3.13. The molecule has 34 heavy (non-hydrogen) atoms. The van der Waals surface area contributed by atoms with Gasteiger partial charge >= 0.3 is 5.69 Å². The number of ether oxygens (including phenoxy) is 3. The van der Waals surface area contributed by atoms with Crippen molar-refractivity contribution in [3.05, 3.63) is 74.9 Å². The van der Waals surface area contributed by atoms with E-state index in [9.17, 15) is 14.4 Å². The van der Waals surface area contributed by atoms with E-state index in [1.807, 2.05) is 0 Å². The SMILES string of the molecule is C[C@@]12COCCN1c1cc(OCc3ccc(Oc4ccc(Cl)c(F)c4)c(C#N)c3)nc(=O)n1C2. The number of benzene rings is 2. The Morgan fingerprint density at radius 2 is 2.15 bits per heavy atom. The highest BCUT2D eigenvalue weighted by molar-refractivity contribution is 6.30. The fraction of sp³-hybridized carbons (Fsp3) is 0.292. The van der Waals surface area contributed by atoms with E-state index < -0.39 is 5.82 Å². The van der Waals surface area contributed by atoms with E-state index in [0.29, 0.717) is 31.9 Å². The van der Waals surface area contributed by atoms with Gasteiger partial charge in [0.25, 0.3) is 0 Å². The van der Waals surface area contributed by atoms with Gasteiger partial charge in [-0.15, -0.1) is 0 Å². The Balaban J connectivity index is 1.33. The number of morpholine rings is 1. The zero-order valence-electron chi connectivity index (χ0n) is 18.3. The lowest BCUT2D eigenvalue weighted by molar-refractivity contribution is 0.0586. The first kappa shape index (κ1) is 22.2. The minimum absolute atomic E-state index is 0.0154. The van der Waals surface area contributed by atoms with Crippen molar-refractivity contribution in [3.63, 3.8) is 0 Å². The number of rotatable bonds is 5. The van der Waals surface area contributed by atoms with Gasteiger partial charge in [-0.1, -0.05) is 17.7 Å². The molecule has 174 valence electrons. The highest BCUT2D eigenvalue weighted by atomic mass is 35.5. The lowest BCUT2D eigenvalue weighted by Gasteiger charge is -2.39. The fourth-order valence-electron chi connectivity index (χ4n) is 4.25. The number of fused-ring (bicyclic) bond motifs is 3. The van der Waals surface area contributed by atoms with Gasteiger partial charge in [0, 0.05) is 18.7 Å². The maximum atomic E-state index is 13.7. The molecule has 0 amide bonds. The third kappa shape index (κ3) is 4.06. The van der Waals surface area contributed by atoms with Crippen LogP contribution in [0.25, 0.3) is 0 Å². The van der Waals surface area contributed by atoms with Crippen molar-refractivity contribution >= 4 is 17.4 Å². The highest BCUT2D eigenvalue weighted by Gasteiger charge is 2.43. The maximum Gasteiger partial charge on any atom is 0.352 e. The first-order chi connectivity index (χ1) is 16.4. The van der Waals surface area contributed by atoms with E-state index in [1.54, 1.807) is 28.8 Å². The molecule has 0 bridgehead atoms. The van der Waals surface area contributed by atoms with Crippen LogP contribution in [0.1, 0.15) is 18.1 Å². The number of halogens is 2. The van der Waals surface area contributed by atoms with Crippen LogP contribution >= 0.6 is 11.6 Å².